The zero-order valence-electron chi connectivity index (χ0n) is 13.5. The van der Waals surface area contributed by atoms with E-state index in [1.54, 1.807) is 30.1 Å². The van der Waals surface area contributed by atoms with Crippen molar-refractivity contribution in [3.63, 3.8) is 0 Å². The van der Waals surface area contributed by atoms with Crippen LogP contribution in [0.3, 0.4) is 0 Å². The fourth-order valence-corrected chi connectivity index (χ4v) is 2.51. The number of rotatable bonds is 7. The fraction of sp³-hybridized carbons (Fsp3) is 0.438. The molecule has 2 N–H and O–H groups in total. The first-order chi connectivity index (χ1) is 11.6. The number of urea groups is 1. The van der Waals surface area contributed by atoms with Gasteiger partial charge < -0.3 is 10.1 Å². The lowest BCUT2D eigenvalue weighted by molar-refractivity contribution is 0.127. The SMILES string of the molecule is Cn1nc(NC(=O)NCCOCC2CC2)cc1-c1cccnc1Cl. The average molecular weight is 350 g/mol. The molecule has 1 aliphatic rings. The van der Waals surface area contributed by atoms with Gasteiger partial charge in [-0.3, -0.25) is 10.00 Å². The Labute approximate surface area is 145 Å². The van der Waals surface area contributed by atoms with E-state index in [1.807, 2.05) is 6.07 Å². The minimum absolute atomic E-state index is 0.313. The van der Waals surface area contributed by atoms with Crippen LogP contribution in [-0.2, 0) is 11.8 Å². The first-order valence-electron chi connectivity index (χ1n) is 7.91. The molecule has 0 saturated heterocycles. The quantitative estimate of drug-likeness (QED) is 0.595. The molecule has 0 aromatic carbocycles. The maximum Gasteiger partial charge on any atom is 0.320 e. The molecule has 0 atom stereocenters. The van der Waals surface area contributed by atoms with Crippen LogP contribution in [0.5, 0.6) is 0 Å². The number of ether oxygens (including phenoxy) is 1. The van der Waals surface area contributed by atoms with E-state index in [4.69, 9.17) is 16.3 Å². The Morgan fingerprint density at radius 2 is 2.33 bits per heavy atom. The van der Waals surface area contributed by atoms with E-state index in [0.717, 1.165) is 23.8 Å². The van der Waals surface area contributed by atoms with Gasteiger partial charge in [-0.1, -0.05) is 11.6 Å². The van der Waals surface area contributed by atoms with Gasteiger partial charge in [0.05, 0.1) is 12.3 Å². The number of hydrogen-bond acceptors (Lipinski definition) is 4. The smallest absolute Gasteiger partial charge is 0.320 e. The van der Waals surface area contributed by atoms with Crippen molar-refractivity contribution in [1.29, 1.82) is 0 Å². The Hall–Kier alpha value is -2.12. The van der Waals surface area contributed by atoms with E-state index in [9.17, 15) is 4.79 Å². The molecule has 7 nitrogen and oxygen atoms in total. The fourth-order valence-electron chi connectivity index (χ4n) is 2.29. The van der Waals surface area contributed by atoms with Crippen molar-refractivity contribution >= 4 is 23.4 Å². The summed E-state index contributed by atoms with van der Waals surface area (Å²) >= 11 is 6.10. The van der Waals surface area contributed by atoms with Crippen LogP contribution in [0.1, 0.15) is 12.8 Å². The highest BCUT2D eigenvalue weighted by molar-refractivity contribution is 6.32. The largest absolute Gasteiger partial charge is 0.379 e. The highest BCUT2D eigenvalue weighted by Gasteiger charge is 2.20. The van der Waals surface area contributed by atoms with E-state index in [0.29, 0.717) is 24.1 Å². The van der Waals surface area contributed by atoms with E-state index in [-0.39, 0.29) is 6.03 Å². The molecule has 8 heteroatoms. The lowest BCUT2D eigenvalue weighted by Crippen LogP contribution is -2.31. The van der Waals surface area contributed by atoms with Gasteiger partial charge in [0, 0.05) is 38.0 Å². The summed E-state index contributed by atoms with van der Waals surface area (Å²) < 4.78 is 7.12. The first-order valence-corrected chi connectivity index (χ1v) is 8.29. The Morgan fingerprint density at radius 3 is 3.08 bits per heavy atom. The second kappa shape index (κ2) is 7.63. The monoisotopic (exact) mass is 349 g/mol. The van der Waals surface area contributed by atoms with Crippen molar-refractivity contribution in [1.82, 2.24) is 20.1 Å². The summed E-state index contributed by atoms with van der Waals surface area (Å²) in [6, 6.07) is 5.10. The summed E-state index contributed by atoms with van der Waals surface area (Å²) in [5.41, 5.74) is 1.53. The normalized spacial score (nSPS) is 13.8. The van der Waals surface area contributed by atoms with Crippen molar-refractivity contribution in [3.8, 4) is 11.3 Å². The molecule has 1 saturated carbocycles. The predicted octanol–water partition coefficient (Wildman–Crippen LogP) is 2.68. The summed E-state index contributed by atoms with van der Waals surface area (Å²) in [5, 5.41) is 10.1. The van der Waals surface area contributed by atoms with Crippen LogP contribution in [0.15, 0.2) is 24.4 Å². The van der Waals surface area contributed by atoms with Crippen LogP contribution in [0.25, 0.3) is 11.3 Å². The van der Waals surface area contributed by atoms with Crippen LogP contribution in [0, 0.1) is 5.92 Å². The molecule has 0 spiro atoms. The summed E-state index contributed by atoms with van der Waals surface area (Å²) in [6.45, 7) is 1.77. The molecule has 2 amide bonds. The minimum atomic E-state index is -0.313. The second-order valence-corrected chi connectivity index (χ2v) is 6.14. The van der Waals surface area contributed by atoms with Gasteiger partial charge in [0.25, 0.3) is 0 Å². The van der Waals surface area contributed by atoms with Gasteiger partial charge in [0.15, 0.2) is 5.82 Å². The molecular formula is C16H20ClN5O2. The molecule has 2 aromatic rings. The van der Waals surface area contributed by atoms with Gasteiger partial charge in [-0.25, -0.2) is 9.78 Å². The molecule has 0 radical (unpaired) electrons. The second-order valence-electron chi connectivity index (χ2n) is 5.78. The molecule has 128 valence electrons. The topological polar surface area (TPSA) is 81.1 Å². The van der Waals surface area contributed by atoms with Crippen LogP contribution in [0.2, 0.25) is 5.15 Å². The third kappa shape index (κ3) is 4.46. The summed E-state index contributed by atoms with van der Waals surface area (Å²) in [7, 11) is 1.79. The highest BCUT2D eigenvalue weighted by Crippen LogP contribution is 2.28. The third-order valence-electron chi connectivity index (χ3n) is 3.74. The number of aryl methyl sites for hydroxylation is 1. The zero-order valence-corrected chi connectivity index (χ0v) is 14.2. The molecule has 0 bridgehead atoms. The van der Waals surface area contributed by atoms with E-state index in [1.165, 1.54) is 12.8 Å². The molecule has 0 unspecified atom stereocenters. The number of nitrogens with zero attached hydrogens (tertiary/aromatic N) is 3. The molecule has 2 aromatic heterocycles. The van der Waals surface area contributed by atoms with E-state index in [2.05, 4.69) is 20.7 Å². The average Bonchev–Trinajstić information content (AvgIpc) is 3.30. The van der Waals surface area contributed by atoms with Gasteiger partial charge in [-0.15, -0.1) is 0 Å². The Kier molecular flexibility index (Phi) is 5.32. The van der Waals surface area contributed by atoms with Gasteiger partial charge in [0.1, 0.15) is 5.15 Å². The molecule has 0 aliphatic heterocycles. The number of halogens is 1. The number of amides is 2. The van der Waals surface area contributed by atoms with E-state index >= 15 is 0 Å². The number of carbonyl (C=O) groups excluding carboxylic acids is 1. The van der Waals surface area contributed by atoms with Crippen LogP contribution < -0.4 is 10.6 Å². The van der Waals surface area contributed by atoms with Gasteiger partial charge in [-0.05, 0) is 30.9 Å². The van der Waals surface area contributed by atoms with Crippen molar-refractivity contribution in [2.75, 3.05) is 25.1 Å². The molecule has 2 heterocycles. The summed E-state index contributed by atoms with van der Waals surface area (Å²) in [4.78, 5) is 15.9. The summed E-state index contributed by atoms with van der Waals surface area (Å²) in [5.74, 6) is 1.17. The third-order valence-corrected chi connectivity index (χ3v) is 4.04. The zero-order chi connectivity index (χ0) is 16.9. The van der Waals surface area contributed by atoms with Crippen LogP contribution in [0.4, 0.5) is 10.6 Å². The molecule has 24 heavy (non-hydrogen) atoms. The van der Waals surface area contributed by atoms with E-state index < -0.39 is 0 Å². The number of carbonyl (C=O) groups is 1. The molecule has 1 fully saturated rings. The van der Waals surface area contributed by atoms with Gasteiger partial charge in [-0.2, -0.15) is 5.10 Å². The maximum absolute atomic E-state index is 11.9. The number of nitrogens with one attached hydrogen (secondary N) is 2. The molecule has 1 aliphatic carbocycles. The Morgan fingerprint density at radius 1 is 1.50 bits per heavy atom. The Balaban J connectivity index is 1.51. The molecular weight excluding hydrogens is 330 g/mol. The highest BCUT2D eigenvalue weighted by atomic mass is 35.5. The van der Waals surface area contributed by atoms with Crippen LogP contribution in [-0.4, -0.2) is 40.6 Å². The lowest BCUT2D eigenvalue weighted by atomic mass is 10.2. The van der Waals surface area contributed by atoms with Crippen molar-refractivity contribution in [2.24, 2.45) is 13.0 Å². The molecule has 3 rings (SSSR count). The number of pyridine rings is 1. The number of anilines is 1. The van der Waals surface area contributed by atoms with Crippen molar-refractivity contribution in [2.45, 2.75) is 12.8 Å². The van der Waals surface area contributed by atoms with Gasteiger partial charge >= 0.3 is 6.03 Å². The standard InChI is InChI=1S/C16H20ClN5O2/c1-22-13(12-3-2-6-18-15(12)17)9-14(21-22)20-16(23)19-7-8-24-10-11-4-5-11/h2-3,6,9,11H,4-5,7-8,10H2,1H3,(H2,19,20,21,23). The summed E-state index contributed by atoms with van der Waals surface area (Å²) in [6.07, 6.45) is 4.15. The minimum Gasteiger partial charge on any atom is -0.379 e. The van der Waals surface area contributed by atoms with Gasteiger partial charge in [0.2, 0.25) is 0 Å². The van der Waals surface area contributed by atoms with Crippen LogP contribution >= 0.6 is 11.6 Å². The lowest BCUT2D eigenvalue weighted by Gasteiger charge is -2.06. The Bertz CT molecular complexity index is 714. The van der Waals surface area contributed by atoms with Crippen molar-refractivity contribution < 1.29 is 9.53 Å². The predicted molar refractivity (Wildman–Crippen MR) is 92.0 cm³/mol. The number of aromatic nitrogens is 3. The maximum atomic E-state index is 11.9. The van der Waals surface area contributed by atoms with Crippen molar-refractivity contribution in [3.05, 3.63) is 29.5 Å². The number of hydrogen-bond donors (Lipinski definition) is 2. The first kappa shape index (κ1) is 16.7.